The van der Waals surface area contributed by atoms with Crippen molar-refractivity contribution in [1.82, 2.24) is 4.98 Å². The smallest absolute Gasteiger partial charge is 0.344 e. The molecule has 1 aliphatic heterocycles. The maximum atomic E-state index is 12.8. The van der Waals surface area contributed by atoms with Crippen molar-refractivity contribution in [3.8, 4) is 5.88 Å². The van der Waals surface area contributed by atoms with Crippen molar-refractivity contribution >= 4 is 29.2 Å². The maximum Gasteiger partial charge on any atom is 0.344 e. The minimum atomic E-state index is -0.699. The lowest BCUT2D eigenvalue weighted by atomic mass is 10.1. The molecule has 0 aliphatic carbocycles. The maximum absolute atomic E-state index is 12.8. The molecule has 3 rings (SSSR count). The molecule has 8 nitrogen and oxygen atoms in total. The molecule has 2 amide bonds. The van der Waals surface area contributed by atoms with Gasteiger partial charge in [-0.05, 0) is 38.1 Å². The molecule has 0 spiro atoms. The van der Waals surface area contributed by atoms with Crippen molar-refractivity contribution in [2.45, 2.75) is 26.3 Å². The minimum Gasteiger partial charge on any atom is -0.477 e. The standard InChI is InChI=1S/C20H21N3O5/c1-3-27-19-14(7-6-10-21-19)20(26)28-12-18(25)23-13(2)11-17(24)22-15-8-4-5-9-16(15)23/h4-10,13H,3,11-12H2,1-2H3,(H,22,24). The first-order valence-corrected chi connectivity index (χ1v) is 8.97. The second-order valence-corrected chi connectivity index (χ2v) is 6.25. The zero-order chi connectivity index (χ0) is 20.1. The van der Waals surface area contributed by atoms with Crippen LogP contribution in [0, 0.1) is 0 Å². The van der Waals surface area contributed by atoms with Gasteiger partial charge in [0.1, 0.15) is 5.56 Å². The van der Waals surface area contributed by atoms with Crippen molar-refractivity contribution in [1.29, 1.82) is 0 Å². The van der Waals surface area contributed by atoms with Gasteiger partial charge < -0.3 is 19.7 Å². The van der Waals surface area contributed by atoms with E-state index in [0.29, 0.717) is 18.0 Å². The Morgan fingerprint density at radius 3 is 2.82 bits per heavy atom. The largest absolute Gasteiger partial charge is 0.477 e. The Bertz CT molecular complexity index is 899. The van der Waals surface area contributed by atoms with Crippen LogP contribution < -0.4 is 15.0 Å². The summed E-state index contributed by atoms with van der Waals surface area (Å²) in [7, 11) is 0. The number of aromatic nitrogens is 1. The molecule has 1 aromatic heterocycles. The molecule has 0 saturated heterocycles. The van der Waals surface area contributed by atoms with Crippen LogP contribution in [-0.2, 0) is 14.3 Å². The fourth-order valence-corrected chi connectivity index (χ4v) is 3.04. The van der Waals surface area contributed by atoms with Crippen molar-refractivity contribution in [3.05, 3.63) is 48.2 Å². The van der Waals surface area contributed by atoms with Gasteiger partial charge in [-0.1, -0.05) is 12.1 Å². The molecule has 0 saturated carbocycles. The predicted molar refractivity (Wildman–Crippen MR) is 102 cm³/mol. The van der Waals surface area contributed by atoms with Crippen LogP contribution >= 0.6 is 0 Å². The zero-order valence-electron chi connectivity index (χ0n) is 15.7. The number of amides is 2. The number of para-hydroxylation sites is 2. The molecule has 0 bridgehead atoms. The molecule has 1 unspecified atom stereocenters. The molecule has 146 valence electrons. The Labute approximate surface area is 162 Å². The quantitative estimate of drug-likeness (QED) is 0.796. The van der Waals surface area contributed by atoms with E-state index in [2.05, 4.69) is 10.3 Å². The first-order valence-electron chi connectivity index (χ1n) is 8.97. The third-order valence-corrected chi connectivity index (χ3v) is 4.23. The third-order valence-electron chi connectivity index (χ3n) is 4.23. The van der Waals surface area contributed by atoms with E-state index in [1.54, 1.807) is 44.2 Å². The van der Waals surface area contributed by atoms with Crippen LogP contribution in [0.1, 0.15) is 30.6 Å². The van der Waals surface area contributed by atoms with Crippen LogP contribution in [0.3, 0.4) is 0 Å². The van der Waals surface area contributed by atoms with Gasteiger partial charge in [-0.2, -0.15) is 0 Å². The molecule has 1 aliphatic rings. The second kappa shape index (κ2) is 8.51. The number of pyridine rings is 1. The van der Waals surface area contributed by atoms with Gasteiger partial charge in [0.15, 0.2) is 6.61 Å². The molecular formula is C20H21N3O5. The number of carbonyl (C=O) groups excluding carboxylic acids is 3. The number of hydrogen-bond acceptors (Lipinski definition) is 6. The summed E-state index contributed by atoms with van der Waals surface area (Å²) in [5.74, 6) is -1.14. The van der Waals surface area contributed by atoms with Crippen molar-refractivity contribution in [2.75, 3.05) is 23.4 Å². The highest BCUT2D eigenvalue weighted by Crippen LogP contribution is 2.31. The summed E-state index contributed by atoms with van der Waals surface area (Å²) in [5, 5.41) is 2.78. The molecule has 8 heteroatoms. The summed E-state index contributed by atoms with van der Waals surface area (Å²) < 4.78 is 10.5. The molecule has 2 aromatic rings. The van der Waals surface area contributed by atoms with Crippen LogP contribution in [0.2, 0.25) is 0 Å². The molecule has 1 atom stereocenters. The van der Waals surface area contributed by atoms with Gasteiger partial charge in [-0.15, -0.1) is 0 Å². The lowest BCUT2D eigenvalue weighted by molar-refractivity contribution is -0.122. The number of nitrogens with one attached hydrogen (secondary N) is 1. The number of anilines is 2. The summed E-state index contributed by atoms with van der Waals surface area (Å²) in [6.45, 7) is 3.43. The van der Waals surface area contributed by atoms with E-state index in [-0.39, 0.29) is 29.8 Å². The van der Waals surface area contributed by atoms with Gasteiger partial charge in [0.05, 0.1) is 18.0 Å². The first-order chi connectivity index (χ1) is 13.5. The zero-order valence-corrected chi connectivity index (χ0v) is 15.7. The van der Waals surface area contributed by atoms with Crippen LogP contribution in [0.5, 0.6) is 5.88 Å². The average Bonchev–Trinajstić information content (AvgIpc) is 2.80. The average molecular weight is 383 g/mol. The van der Waals surface area contributed by atoms with Crippen LogP contribution in [0.25, 0.3) is 0 Å². The number of fused-ring (bicyclic) bond motifs is 1. The summed E-state index contributed by atoms with van der Waals surface area (Å²) in [6, 6.07) is 9.75. The van der Waals surface area contributed by atoms with E-state index < -0.39 is 18.5 Å². The monoisotopic (exact) mass is 383 g/mol. The van der Waals surface area contributed by atoms with Gasteiger partial charge in [-0.3, -0.25) is 9.59 Å². The van der Waals surface area contributed by atoms with Gasteiger partial charge in [0.25, 0.3) is 5.91 Å². The van der Waals surface area contributed by atoms with Gasteiger partial charge >= 0.3 is 5.97 Å². The highest BCUT2D eigenvalue weighted by Gasteiger charge is 2.30. The fraction of sp³-hybridized carbons (Fsp3) is 0.300. The molecule has 28 heavy (non-hydrogen) atoms. The summed E-state index contributed by atoms with van der Waals surface area (Å²) in [4.78, 5) is 42.7. The third kappa shape index (κ3) is 4.11. The number of ether oxygens (including phenoxy) is 2. The van der Waals surface area contributed by atoms with E-state index in [9.17, 15) is 14.4 Å². The van der Waals surface area contributed by atoms with E-state index >= 15 is 0 Å². The van der Waals surface area contributed by atoms with E-state index in [0.717, 1.165) is 0 Å². The Hall–Kier alpha value is -3.42. The van der Waals surface area contributed by atoms with Crippen LogP contribution in [0.4, 0.5) is 11.4 Å². The normalized spacial score (nSPS) is 15.9. The number of rotatable bonds is 5. The Morgan fingerprint density at radius 1 is 1.25 bits per heavy atom. The van der Waals surface area contributed by atoms with Crippen molar-refractivity contribution in [2.24, 2.45) is 0 Å². The predicted octanol–water partition coefficient (Wildman–Crippen LogP) is 2.40. The fourth-order valence-electron chi connectivity index (χ4n) is 3.04. The lowest BCUT2D eigenvalue weighted by Crippen LogP contribution is -2.41. The number of hydrogen-bond donors (Lipinski definition) is 1. The van der Waals surface area contributed by atoms with Crippen molar-refractivity contribution < 1.29 is 23.9 Å². The number of esters is 1. The molecule has 0 fully saturated rings. The summed E-state index contributed by atoms with van der Waals surface area (Å²) >= 11 is 0. The van der Waals surface area contributed by atoms with Gasteiger partial charge in [0.2, 0.25) is 11.8 Å². The molecule has 2 heterocycles. The summed E-state index contributed by atoms with van der Waals surface area (Å²) in [5.41, 5.74) is 1.26. The highest BCUT2D eigenvalue weighted by atomic mass is 16.5. The lowest BCUT2D eigenvalue weighted by Gasteiger charge is -2.27. The number of nitrogens with zero attached hydrogens (tertiary/aromatic N) is 2. The van der Waals surface area contributed by atoms with E-state index in [1.807, 2.05) is 0 Å². The first kappa shape index (κ1) is 19.3. The topological polar surface area (TPSA) is 97.8 Å². The molecule has 1 N–H and O–H groups in total. The van der Waals surface area contributed by atoms with Gasteiger partial charge in [0, 0.05) is 18.7 Å². The van der Waals surface area contributed by atoms with Crippen molar-refractivity contribution in [3.63, 3.8) is 0 Å². The van der Waals surface area contributed by atoms with Crippen LogP contribution in [0.15, 0.2) is 42.6 Å². The second-order valence-electron chi connectivity index (χ2n) is 6.25. The number of benzene rings is 1. The van der Waals surface area contributed by atoms with Crippen LogP contribution in [-0.4, -0.2) is 42.0 Å². The van der Waals surface area contributed by atoms with E-state index in [1.165, 1.54) is 17.2 Å². The summed E-state index contributed by atoms with van der Waals surface area (Å²) in [6.07, 6.45) is 1.65. The minimum absolute atomic E-state index is 0.144. The Kier molecular flexibility index (Phi) is 5.88. The highest BCUT2D eigenvalue weighted by molar-refractivity contribution is 6.05. The Balaban J connectivity index is 1.76. The van der Waals surface area contributed by atoms with E-state index in [4.69, 9.17) is 9.47 Å². The Morgan fingerprint density at radius 2 is 2.04 bits per heavy atom. The SMILES string of the molecule is CCOc1ncccc1C(=O)OCC(=O)N1c2ccccc2NC(=O)CC1C. The molecular weight excluding hydrogens is 362 g/mol. The van der Waals surface area contributed by atoms with Gasteiger partial charge in [-0.25, -0.2) is 9.78 Å². The molecule has 0 radical (unpaired) electrons. The molecule has 1 aromatic carbocycles. The number of carbonyl (C=O) groups is 3.